The average Bonchev–Trinajstić information content (AvgIpc) is 2.82. The van der Waals surface area contributed by atoms with Crippen molar-refractivity contribution in [2.75, 3.05) is 0 Å². The molecule has 0 unspecified atom stereocenters. The van der Waals surface area contributed by atoms with Crippen LogP contribution < -0.4 is 5.32 Å². The Morgan fingerprint density at radius 1 is 1.42 bits per heavy atom. The summed E-state index contributed by atoms with van der Waals surface area (Å²) in [4.78, 5) is 12.0. The number of nitrogens with one attached hydrogen (secondary N) is 1. The first-order chi connectivity index (χ1) is 9.19. The monoisotopic (exact) mass is 258 g/mol. The molecule has 0 saturated heterocycles. The van der Waals surface area contributed by atoms with Crippen LogP contribution in [0.4, 0.5) is 0 Å². The van der Waals surface area contributed by atoms with Gasteiger partial charge in [0, 0.05) is 12.1 Å². The third kappa shape index (κ3) is 3.72. The minimum absolute atomic E-state index is 0.0972. The van der Waals surface area contributed by atoms with Crippen LogP contribution in [-0.4, -0.2) is 11.9 Å². The Labute approximate surface area is 113 Å². The standard InChI is InChI=1S/C15H18N2O2/c1-11-7-8-14(19-11)9-12(10-16)15(18)17-13-5-3-2-4-6-13/h7-9,13H,2-6H2,1H3,(H,17,18). The number of hydrogen-bond acceptors (Lipinski definition) is 3. The predicted octanol–water partition coefficient (Wildman–Crippen LogP) is 2.94. The molecule has 4 nitrogen and oxygen atoms in total. The van der Waals surface area contributed by atoms with Gasteiger partial charge < -0.3 is 9.73 Å². The molecule has 0 aliphatic heterocycles. The zero-order valence-electron chi connectivity index (χ0n) is 11.1. The predicted molar refractivity (Wildman–Crippen MR) is 72.1 cm³/mol. The van der Waals surface area contributed by atoms with Gasteiger partial charge in [0.15, 0.2) is 0 Å². The summed E-state index contributed by atoms with van der Waals surface area (Å²) in [6.45, 7) is 1.82. The number of carbonyl (C=O) groups excluding carboxylic acids is 1. The van der Waals surface area contributed by atoms with E-state index in [9.17, 15) is 4.79 Å². The number of carbonyl (C=O) groups is 1. The lowest BCUT2D eigenvalue weighted by molar-refractivity contribution is -0.117. The molecule has 2 rings (SSSR count). The lowest BCUT2D eigenvalue weighted by atomic mass is 9.95. The van der Waals surface area contributed by atoms with E-state index in [-0.39, 0.29) is 17.5 Å². The molecular weight excluding hydrogens is 240 g/mol. The van der Waals surface area contributed by atoms with Crippen LogP contribution in [-0.2, 0) is 4.79 Å². The van der Waals surface area contributed by atoms with E-state index in [1.54, 1.807) is 12.1 Å². The van der Waals surface area contributed by atoms with E-state index in [2.05, 4.69) is 5.32 Å². The van der Waals surface area contributed by atoms with E-state index in [0.717, 1.165) is 31.4 Å². The fraction of sp³-hybridized carbons (Fsp3) is 0.467. The Kier molecular flexibility index (Phi) is 4.40. The van der Waals surface area contributed by atoms with Gasteiger partial charge in [-0.3, -0.25) is 4.79 Å². The van der Waals surface area contributed by atoms with Crippen molar-refractivity contribution in [3.05, 3.63) is 29.2 Å². The number of nitriles is 1. The Bertz CT molecular complexity index is 516. The number of nitrogens with zero attached hydrogens (tertiary/aromatic N) is 1. The first-order valence-electron chi connectivity index (χ1n) is 6.68. The number of aryl methyl sites for hydroxylation is 1. The van der Waals surface area contributed by atoms with Gasteiger partial charge in [0.1, 0.15) is 23.2 Å². The molecule has 1 N–H and O–H groups in total. The fourth-order valence-corrected chi connectivity index (χ4v) is 2.33. The quantitative estimate of drug-likeness (QED) is 0.669. The minimum atomic E-state index is -0.302. The molecule has 1 heterocycles. The van der Waals surface area contributed by atoms with Gasteiger partial charge in [0.05, 0.1) is 0 Å². The summed E-state index contributed by atoms with van der Waals surface area (Å²) in [5.41, 5.74) is 0.0972. The summed E-state index contributed by atoms with van der Waals surface area (Å²) < 4.78 is 5.35. The lowest BCUT2D eigenvalue weighted by Gasteiger charge is -2.22. The Hall–Kier alpha value is -2.02. The second kappa shape index (κ2) is 6.24. The second-order valence-electron chi connectivity index (χ2n) is 4.93. The van der Waals surface area contributed by atoms with Gasteiger partial charge in [-0.25, -0.2) is 0 Å². The summed E-state index contributed by atoms with van der Waals surface area (Å²) in [5.74, 6) is 0.993. The normalized spacial score (nSPS) is 16.9. The Morgan fingerprint density at radius 3 is 2.74 bits per heavy atom. The van der Waals surface area contributed by atoms with Gasteiger partial charge in [-0.2, -0.15) is 5.26 Å². The molecule has 0 spiro atoms. The van der Waals surface area contributed by atoms with Gasteiger partial charge in [-0.1, -0.05) is 19.3 Å². The highest BCUT2D eigenvalue weighted by Crippen LogP contribution is 2.18. The van der Waals surface area contributed by atoms with Crippen LogP contribution in [0.5, 0.6) is 0 Å². The molecule has 0 atom stereocenters. The van der Waals surface area contributed by atoms with Crippen molar-refractivity contribution in [3.63, 3.8) is 0 Å². The molecule has 0 aromatic carbocycles. The maximum Gasteiger partial charge on any atom is 0.262 e. The molecule has 1 aliphatic carbocycles. The van der Waals surface area contributed by atoms with Gasteiger partial charge in [-0.15, -0.1) is 0 Å². The van der Waals surface area contributed by atoms with Crippen LogP contribution in [0.15, 0.2) is 22.1 Å². The maximum atomic E-state index is 12.0. The van der Waals surface area contributed by atoms with Crippen molar-refractivity contribution in [1.82, 2.24) is 5.32 Å². The fourth-order valence-electron chi connectivity index (χ4n) is 2.33. The first-order valence-corrected chi connectivity index (χ1v) is 6.68. The number of rotatable bonds is 3. The van der Waals surface area contributed by atoms with Crippen molar-refractivity contribution in [2.45, 2.75) is 45.1 Å². The zero-order valence-corrected chi connectivity index (χ0v) is 11.1. The SMILES string of the molecule is Cc1ccc(C=C(C#N)C(=O)NC2CCCCC2)o1. The average molecular weight is 258 g/mol. The lowest BCUT2D eigenvalue weighted by Crippen LogP contribution is -2.36. The third-order valence-electron chi connectivity index (χ3n) is 3.35. The second-order valence-corrected chi connectivity index (χ2v) is 4.93. The highest BCUT2D eigenvalue weighted by molar-refractivity contribution is 6.01. The zero-order chi connectivity index (χ0) is 13.7. The van der Waals surface area contributed by atoms with Crippen LogP contribution in [0.2, 0.25) is 0 Å². The van der Waals surface area contributed by atoms with Gasteiger partial charge in [-0.05, 0) is 31.9 Å². The van der Waals surface area contributed by atoms with E-state index >= 15 is 0 Å². The van der Waals surface area contributed by atoms with Crippen LogP contribution >= 0.6 is 0 Å². The van der Waals surface area contributed by atoms with Crippen LogP contribution in [0.3, 0.4) is 0 Å². The van der Waals surface area contributed by atoms with E-state index in [1.165, 1.54) is 12.5 Å². The van der Waals surface area contributed by atoms with E-state index < -0.39 is 0 Å². The summed E-state index contributed by atoms with van der Waals surface area (Å²) >= 11 is 0. The van der Waals surface area contributed by atoms with Crippen molar-refractivity contribution >= 4 is 12.0 Å². The summed E-state index contributed by atoms with van der Waals surface area (Å²) in [5, 5.41) is 12.0. The molecule has 100 valence electrons. The van der Waals surface area contributed by atoms with E-state index in [4.69, 9.17) is 9.68 Å². The third-order valence-corrected chi connectivity index (χ3v) is 3.35. The minimum Gasteiger partial charge on any atom is -0.462 e. The molecule has 19 heavy (non-hydrogen) atoms. The molecule has 1 aliphatic rings. The Balaban J connectivity index is 2.02. The van der Waals surface area contributed by atoms with Gasteiger partial charge in [0.25, 0.3) is 5.91 Å². The van der Waals surface area contributed by atoms with Crippen LogP contribution in [0, 0.1) is 18.3 Å². The molecule has 0 radical (unpaired) electrons. The van der Waals surface area contributed by atoms with Crippen LogP contribution in [0.25, 0.3) is 6.08 Å². The van der Waals surface area contributed by atoms with Crippen LogP contribution in [0.1, 0.15) is 43.6 Å². The Morgan fingerprint density at radius 2 is 2.16 bits per heavy atom. The smallest absolute Gasteiger partial charge is 0.262 e. The molecule has 1 aromatic heterocycles. The topological polar surface area (TPSA) is 66.0 Å². The largest absolute Gasteiger partial charge is 0.462 e. The summed E-state index contributed by atoms with van der Waals surface area (Å²) in [6.07, 6.45) is 7.03. The molecule has 1 aromatic rings. The molecule has 1 fully saturated rings. The van der Waals surface area contributed by atoms with E-state index in [0.29, 0.717) is 5.76 Å². The van der Waals surface area contributed by atoms with Crippen molar-refractivity contribution in [1.29, 1.82) is 5.26 Å². The van der Waals surface area contributed by atoms with Gasteiger partial charge >= 0.3 is 0 Å². The van der Waals surface area contributed by atoms with Crippen molar-refractivity contribution in [2.24, 2.45) is 0 Å². The van der Waals surface area contributed by atoms with Gasteiger partial charge in [0.2, 0.25) is 0 Å². The highest BCUT2D eigenvalue weighted by atomic mass is 16.3. The van der Waals surface area contributed by atoms with Crippen molar-refractivity contribution < 1.29 is 9.21 Å². The molecular formula is C15H18N2O2. The molecule has 4 heteroatoms. The molecule has 0 bridgehead atoms. The first kappa shape index (κ1) is 13.4. The molecule has 1 saturated carbocycles. The number of amides is 1. The molecule has 1 amide bonds. The summed E-state index contributed by atoms with van der Waals surface area (Å²) in [6, 6.07) is 5.70. The van der Waals surface area contributed by atoms with Crippen molar-refractivity contribution in [3.8, 4) is 6.07 Å². The highest BCUT2D eigenvalue weighted by Gasteiger charge is 2.18. The maximum absolute atomic E-state index is 12.0. The number of hydrogen-bond donors (Lipinski definition) is 1. The van der Waals surface area contributed by atoms with E-state index in [1.807, 2.05) is 13.0 Å². The number of furan rings is 1. The summed E-state index contributed by atoms with van der Waals surface area (Å²) in [7, 11) is 0.